The van der Waals surface area contributed by atoms with E-state index >= 15 is 0 Å². The third-order valence-electron chi connectivity index (χ3n) is 4.44. The highest BCUT2D eigenvalue weighted by molar-refractivity contribution is 7.89. The Bertz CT molecular complexity index is 1160. The van der Waals surface area contributed by atoms with Crippen LogP contribution >= 0.6 is 23.2 Å². The van der Waals surface area contributed by atoms with E-state index in [2.05, 4.69) is 9.71 Å². The molecule has 1 N–H and O–H groups in total. The van der Waals surface area contributed by atoms with Crippen molar-refractivity contribution in [3.63, 3.8) is 0 Å². The highest BCUT2D eigenvalue weighted by atomic mass is 35.5. The molecule has 0 aliphatic rings. The molecule has 3 rings (SSSR count). The van der Waals surface area contributed by atoms with Gasteiger partial charge in [-0.1, -0.05) is 23.2 Å². The third kappa shape index (κ3) is 4.78. The first kappa shape index (κ1) is 22.6. The average molecular weight is 472 g/mol. The molecule has 1 aromatic heterocycles. The van der Waals surface area contributed by atoms with E-state index in [0.29, 0.717) is 23.7 Å². The topological polar surface area (TPSA) is 73.2 Å². The third-order valence-corrected chi connectivity index (χ3v) is 6.72. The van der Waals surface area contributed by atoms with Gasteiger partial charge in [0.15, 0.2) is 0 Å². The Hall–Kier alpha value is -2.13. The zero-order chi connectivity index (χ0) is 22.1. The maximum atomic E-state index is 13.1. The maximum absolute atomic E-state index is 13.1. The van der Waals surface area contributed by atoms with Crippen LogP contribution < -0.4 is 9.46 Å². The minimum Gasteiger partial charge on any atom is -0.426 e. The van der Waals surface area contributed by atoms with Gasteiger partial charge in [0, 0.05) is 6.54 Å². The van der Waals surface area contributed by atoms with Gasteiger partial charge in [-0.05, 0) is 63.2 Å². The predicted octanol–water partition coefficient (Wildman–Crippen LogP) is 5.49. The summed E-state index contributed by atoms with van der Waals surface area (Å²) in [6, 6.07) is 9.36. The van der Waals surface area contributed by atoms with E-state index in [1.54, 1.807) is 18.4 Å². The molecule has 3 aromatic rings. The zero-order valence-electron chi connectivity index (χ0n) is 16.5. The fourth-order valence-corrected chi connectivity index (χ4v) is 4.69. The summed E-state index contributed by atoms with van der Waals surface area (Å²) in [6.45, 7) is 5.86. The highest BCUT2D eigenvalue weighted by Crippen LogP contribution is 2.30. The molecular formula is C20H20Cl2FN3O3S. The second kappa shape index (κ2) is 8.93. The number of ether oxygens (including phenoxy) is 1. The molecule has 10 heteroatoms. The van der Waals surface area contributed by atoms with Crippen molar-refractivity contribution < 1.29 is 17.5 Å². The van der Waals surface area contributed by atoms with Gasteiger partial charge >= 0.3 is 6.01 Å². The monoisotopic (exact) mass is 471 g/mol. The molecule has 1 heterocycles. The maximum Gasteiger partial charge on any atom is 0.302 e. The van der Waals surface area contributed by atoms with Gasteiger partial charge in [0.05, 0.1) is 32.4 Å². The smallest absolute Gasteiger partial charge is 0.302 e. The van der Waals surface area contributed by atoms with Gasteiger partial charge in [-0.15, -0.1) is 0 Å². The van der Waals surface area contributed by atoms with E-state index in [4.69, 9.17) is 27.9 Å². The highest BCUT2D eigenvalue weighted by Gasteiger charge is 2.25. The van der Waals surface area contributed by atoms with Gasteiger partial charge in [-0.3, -0.25) is 4.57 Å². The molecule has 0 aliphatic carbocycles. The van der Waals surface area contributed by atoms with Crippen molar-refractivity contribution in [1.82, 2.24) is 14.3 Å². The molecule has 0 saturated carbocycles. The Morgan fingerprint density at radius 3 is 2.43 bits per heavy atom. The molecular weight excluding hydrogens is 452 g/mol. The first-order valence-corrected chi connectivity index (χ1v) is 11.3. The van der Waals surface area contributed by atoms with Crippen molar-refractivity contribution in [2.45, 2.75) is 38.3 Å². The average Bonchev–Trinajstić information content (AvgIpc) is 3.00. The van der Waals surface area contributed by atoms with Crippen LogP contribution in [0.25, 0.3) is 0 Å². The number of nitrogens with zero attached hydrogens (tertiary/aromatic N) is 2. The molecule has 1 unspecified atom stereocenters. The second-order valence-corrected chi connectivity index (χ2v) is 9.11. The lowest BCUT2D eigenvalue weighted by atomic mass is 10.2. The Morgan fingerprint density at radius 1 is 1.17 bits per heavy atom. The van der Waals surface area contributed by atoms with Gasteiger partial charge in [-0.25, -0.2) is 17.5 Å². The van der Waals surface area contributed by atoms with Crippen LogP contribution in [-0.2, 0) is 16.6 Å². The largest absolute Gasteiger partial charge is 0.426 e. The van der Waals surface area contributed by atoms with Crippen LogP contribution in [0.15, 0.2) is 47.4 Å². The molecule has 0 aliphatic heterocycles. The summed E-state index contributed by atoms with van der Waals surface area (Å²) < 4.78 is 48.9. The molecule has 0 saturated heterocycles. The molecule has 0 bridgehead atoms. The normalized spacial score (nSPS) is 12.7. The van der Waals surface area contributed by atoms with Crippen molar-refractivity contribution in [1.29, 1.82) is 0 Å². The van der Waals surface area contributed by atoms with Crippen LogP contribution in [0.1, 0.15) is 31.3 Å². The summed E-state index contributed by atoms with van der Waals surface area (Å²) in [5.74, 6) is 0.0510. The molecule has 2 aromatic carbocycles. The second-order valence-electron chi connectivity index (χ2n) is 6.58. The fraction of sp³-hybridized carbons (Fsp3) is 0.250. The fourth-order valence-electron chi connectivity index (χ4n) is 3.10. The predicted molar refractivity (Wildman–Crippen MR) is 114 cm³/mol. The first-order valence-electron chi connectivity index (χ1n) is 9.10. The summed E-state index contributed by atoms with van der Waals surface area (Å²) in [5.41, 5.74) is 1.26. The molecule has 6 nitrogen and oxygen atoms in total. The lowest BCUT2D eigenvalue weighted by molar-refractivity contribution is 0.407. The molecule has 30 heavy (non-hydrogen) atoms. The number of hydrogen-bond acceptors (Lipinski definition) is 4. The SMILES string of the molecule is CCn1c(Oc2ccc(F)cc2)nc(C)c1C(C)NS(=O)(=O)c1ccc(Cl)c(Cl)c1. The van der Waals surface area contributed by atoms with Crippen LogP contribution in [0.3, 0.4) is 0 Å². The number of aromatic nitrogens is 2. The number of nitrogens with one attached hydrogen (secondary N) is 1. The standard InChI is InChI=1S/C20H20Cl2FN3O3S/c1-4-26-19(12(2)24-20(26)29-15-7-5-14(23)6-8-15)13(3)25-30(27,28)16-9-10-17(21)18(22)11-16/h5-11,13,25H,4H2,1-3H3. The lowest BCUT2D eigenvalue weighted by Crippen LogP contribution is -2.28. The van der Waals surface area contributed by atoms with Crippen LogP contribution in [0, 0.1) is 12.7 Å². The summed E-state index contributed by atoms with van der Waals surface area (Å²) in [7, 11) is -3.86. The Labute approximate surface area is 184 Å². The van der Waals surface area contributed by atoms with Crippen molar-refractivity contribution in [2.24, 2.45) is 0 Å². The summed E-state index contributed by atoms with van der Waals surface area (Å²) in [5, 5.41) is 0.420. The number of aryl methyl sites for hydroxylation is 1. The molecule has 0 amide bonds. The van der Waals surface area contributed by atoms with E-state index in [1.165, 1.54) is 42.5 Å². The van der Waals surface area contributed by atoms with Crippen LogP contribution in [0.4, 0.5) is 4.39 Å². The quantitative estimate of drug-likeness (QED) is 0.494. The molecule has 0 spiro atoms. The van der Waals surface area contributed by atoms with E-state index in [1.807, 2.05) is 6.92 Å². The van der Waals surface area contributed by atoms with Gasteiger partial charge in [0.1, 0.15) is 11.6 Å². The van der Waals surface area contributed by atoms with Gasteiger partial charge in [0.2, 0.25) is 10.0 Å². The molecule has 0 fully saturated rings. The Kier molecular flexibility index (Phi) is 6.71. The summed E-state index contributed by atoms with van der Waals surface area (Å²) in [4.78, 5) is 4.43. The van der Waals surface area contributed by atoms with Crippen LogP contribution in [-0.4, -0.2) is 18.0 Å². The van der Waals surface area contributed by atoms with Crippen molar-refractivity contribution in [3.8, 4) is 11.8 Å². The number of rotatable bonds is 7. The van der Waals surface area contributed by atoms with Gasteiger partial charge < -0.3 is 4.74 Å². The zero-order valence-corrected chi connectivity index (χ0v) is 18.8. The van der Waals surface area contributed by atoms with Crippen molar-refractivity contribution in [3.05, 3.63) is 69.7 Å². The molecule has 160 valence electrons. The van der Waals surface area contributed by atoms with E-state index < -0.39 is 16.1 Å². The van der Waals surface area contributed by atoms with Crippen molar-refractivity contribution >= 4 is 33.2 Å². The minimum absolute atomic E-state index is 0.00625. The number of sulfonamides is 1. The van der Waals surface area contributed by atoms with Crippen LogP contribution in [0.2, 0.25) is 10.0 Å². The summed E-state index contributed by atoms with van der Waals surface area (Å²) in [6.07, 6.45) is 0. The van der Waals surface area contributed by atoms with E-state index in [0.717, 1.165) is 0 Å². The number of imidazole rings is 1. The Morgan fingerprint density at radius 2 is 1.83 bits per heavy atom. The lowest BCUT2D eigenvalue weighted by Gasteiger charge is -2.18. The number of hydrogen-bond donors (Lipinski definition) is 1. The number of benzene rings is 2. The summed E-state index contributed by atoms with van der Waals surface area (Å²) >= 11 is 11.8. The minimum atomic E-state index is -3.86. The van der Waals surface area contributed by atoms with Gasteiger partial charge in [0.25, 0.3) is 0 Å². The van der Waals surface area contributed by atoms with Gasteiger partial charge in [-0.2, -0.15) is 4.98 Å². The van der Waals surface area contributed by atoms with Crippen molar-refractivity contribution in [2.75, 3.05) is 0 Å². The first-order chi connectivity index (χ1) is 14.1. The number of halogens is 3. The van der Waals surface area contributed by atoms with Crippen LogP contribution in [0.5, 0.6) is 11.8 Å². The van der Waals surface area contributed by atoms with E-state index in [-0.39, 0.29) is 26.8 Å². The Balaban J connectivity index is 1.89. The molecule has 0 radical (unpaired) electrons. The van der Waals surface area contributed by atoms with E-state index in [9.17, 15) is 12.8 Å². The molecule has 1 atom stereocenters.